The number of aromatic nitrogens is 5. The van der Waals surface area contributed by atoms with Gasteiger partial charge in [0.15, 0.2) is 5.82 Å². The standard InChI is InChI=1S/C27H39N7O2/c1-4-25(26-29-30-31-34(26)22-7-5-6-8-22)33(10-9-32-11-13-36-14-12-32)18-21-17-23-20(3)15-19(2)16-24(23)28-27(21)35/h15-17,22,25H,4-14,18H2,1-3H3,(H,28,35). The molecule has 3 heterocycles. The predicted octanol–water partition coefficient (Wildman–Crippen LogP) is 3.53. The number of aromatic amines is 1. The van der Waals surface area contributed by atoms with Crippen molar-refractivity contribution in [3.05, 3.63) is 51.1 Å². The molecule has 0 bridgehead atoms. The zero-order valence-electron chi connectivity index (χ0n) is 21.9. The van der Waals surface area contributed by atoms with Crippen LogP contribution in [-0.4, -0.2) is 74.4 Å². The SMILES string of the molecule is CCC(c1nnnn1C1CCCC1)N(CCN1CCOCC1)Cc1cc2c(C)cc(C)cc2[nH]c1=O. The van der Waals surface area contributed by atoms with Gasteiger partial charge in [0, 0.05) is 49.2 Å². The summed E-state index contributed by atoms with van der Waals surface area (Å²) in [5, 5.41) is 14.1. The molecular weight excluding hydrogens is 454 g/mol. The van der Waals surface area contributed by atoms with Gasteiger partial charge in [0.05, 0.1) is 25.3 Å². The first-order chi connectivity index (χ1) is 17.5. The number of benzene rings is 1. The molecule has 2 fully saturated rings. The number of nitrogens with one attached hydrogen (secondary N) is 1. The summed E-state index contributed by atoms with van der Waals surface area (Å²) < 4.78 is 7.62. The average Bonchev–Trinajstić information content (AvgIpc) is 3.56. The quantitative estimate of drug-likeness (QED) is 0.487. The Morgan fingerprint density at radius 3 is 2.69 bits per heavy atom. The van der Waals surface area contributed by atoms with E-state index in [1.807, 2.05) is 6.07 Å². The minimum atomic E-state index is -0.0193. The maximum Gasteiger partial charge on any atom is 0.252 e. The molecule has 1 aromatic carbocycles. The molecule has 9 heteroatoms. The van der Waals surface area contributed by atoms with Gasteiger partial charge in [0.25, 0.3) is 5.56 Å². The smallest absolute Gasteiger partial charge is 0.252 e. The summed E-state index contributed by atoms with van der Waals surface area (Å²) in [6, 6.07) is 6.72. The van der Waals surface area contributed by atoms with Crippen molar-refractivity contribution in [2.24, 2.45) is 0 Å². The molecular formula is C27H39N7O2. The van der Waals surface area contributed by atoms with E-state index < -0.39 is 0 Å². The highest BCUT2D eigenvalue weighted by Gasteiger charge is 2.30. The van der Waals surface area contributed by atoms with Crippen molar-refractivity contribution in [1.29, 1.82) is 0 Å². The number of pyridine rings is 1. The zero-order chi connectivity index (χ0) is 25.1. The Hall–Kier alpha value is -2.62. The lowest BCUT2D eigenvalue weighted by Gasteiger charge is -2.34. The summed E-state index contributed by atoms with van der Waals surface area (Å²) in [7, 11) is 0. The molecule has 5 rings (SSSR count). The summed E-state index contributed by atoms with van der Waals surface area (Å²) >= 11 is 0. The van der Waals surface area contributed by atoms with Gasteiger partial charge in [-0.15, -0.1) is 5.10 Å². The van der Waals surface area contributed by atoms with E-state index in [-0.39, 0.29) is 11.6 Å². The van der Waals surface area contributed by atoms with Gasteiger partial charge in [0.1, 0.15) is 0 Å². The molecule has 36 heavy (non-hydrogen) atoms. The highest BCUT2D eigenvalue weighted by molar-refractivity contribution is 5.83. The van der Waals surface area contributed by atoms with Gasteiger partial charge in [-0.3, -0.25) is 14.6 Å². The van der Waals surface area contributed by atoms with Crippen LogP contribution in [0.15, 0.2) is 23.0 Å². The molecule has 0 amide bonds. The highest BCUT2D eigenvalue weighted by Crippen LogP contribution is 2.33. The molecule has 1 saturated heterocycles. The van der Waals surface area contributed by atoms with Gasteiger partial charge in [-0.1, -0.05) is 25.8 Å². The Morgan fingerprint density at radius 2 is 1.94 bits per heavy atom. The Bertz CT molecular complexity index is 1220. The van der Waals surface area contributed by atoms with E-state index in [2.05, 4.69) is 67.9 Å². The Labute approximate surface area is 212 Å². The molecule has 1 N–H and O–H groups in total. The minimum absolute atomic E-state index is 0.0193. The van der Waals surface area contributed by atoms with Gasteiger partial charge in [-0.25, -0.2) is 4.68 Å². The first-order valence-corrected chi connectivity index (χ1v) is 13.5. The highest BCUT2D eigenvalue weighted by atomic mass is 16.5. The molecule has 1 aliphatic carbocycles. The number of hydrogen-bond donors (Lipinski definition) is 1. The summed E-state index contributed by atoms with van der Waals surface area (Å²) in [5.74, 6) is 0.926. The van der Waals surface area contributed by atoms with Crippen molar-refractivity contribution in [3.63, 3.8) is 0 Å². The lowest BCUT2D eigenvalue weighted by atomic mass is 10.0. The normalized spacial score (nSPS) is 18.4. The maximum atomic E-state index is 13.2. The van der Waals surface area contributed by atoms with E-state index in [1.165, 1.54) is 18.4 Å². The largest absolute Gasteiger partial charge is 0.379 e. The molecule has 0 spiro atoms. The molecule has 194 valence electrons. The van der Waals surface area contributed by atoms with E-state index >= 15 is 0 Å². The first kappa shape index (κ1) is 25.0. The van der Waals surface area contributed by atoms with E-state index in [9.17, 15) is 4.79 Å². The van der Waals surface area contributed by atoms with Crippen LogP contribution in [0.2, 0.25) is 0 Å². The second-order valence-corrected chi connectivity index (χ2v) is 10.4. The fourth-order valence-corrected chi connectivity index (χ4v) is 5.92. The first-order valence-electron chi connectivity index (χ1n) is 13.5. The van der Waals surface area contributed by atoms with Crippen LogP contribution in [0.25, 0.3) is 10.9 Å². The van der Waals surface area contributed by atoms with E-state index in [1.54, 1.807) is 0 Å². The summed E-state index contributed by atoms with van der Waals surface area (Å²) in [4.78, 5) is 21.2. The number of nitrogens with zero attached hydrogens (tertiary/aromatic N) is 6. The molecule has 1 unspecified atom stereocenters. The van der Waals surface area contributed by atoms with E-state index in [4.69, 9.17) is 4.74 Å². The van der Waals surface area contributed by atoms with Gasteiger partial charge in [0.2, 0.25) is 0 Å². The Morgan fingerprint density at radius 1 is 1.17 bits per heavy atom. The number of rotatable bonds is 9. The van der Waals surface area contributed by atoms with Crippen LogP contribution in [0.4, 0.5) is 0 Å². The van der Waals surface area contributed by atoms with Crippen LogP contribution < -0.4 is 5.56 Å². The second kappa shape index (κ2) is 11.2. The van der Waals surface area contributed by atoms with Crippen LogP contribution in [0.5, 0.6) is 0 Å². The fraction of sp³-hybridized carbons (Fsp3) is 0.630. The lowest BCUT2D eigenvalue weighted by molar-refractivity contribution is 0.0291. The monoisotopic (exact) mass is 493 g/mol. The van der Waals surface area contributed by atoms with Gasteiger partial charge < -0.3 is 9.72 Å². The van der Waals surface area contributed by atoms with Crippen LogP contribution in [0.1, 0.15) is 73.6 Å². The number of hydrogen-bond acceptors (Lipinski definition) is 7. The average molecular weight is 494 g/mol. The van der Waals surface area contributed by atoms with Gasteiger partial charge in [-0.2, -0.15) is 0 Å². The number of H-pyrrole nitrogens is 1. The van der Waals surface area contributed by atoms with Crippen molar-refractivity contribution < 1.29 is 4.74 Å². The van der Waals surface area contributed by atoms with Crippen LogP contribution in [0.3, 0.4) is 0 Å². The van der Waals surface area contributed by atoms with E-state index in [0.29, 0.717) is 12.6 Å². The molecule has 2 aliphatic rings. The summed E-state index contributed by atoms with van der Waals surface area (Å²) in [5.41, 5.74) is 4.00. The third-order valence-corrected chi connectivity index (χ3v) is 7.88. The summed E-state index contributed by atoms with van der Waals surface area (Å²) in [6.07, 6.45) is 5.59. The third-order valence-electron chi connectivity index (χ3n) is 7.88. The number of ether oxygens (including phenoxy) is 1. The molecule has 3 aromatic rings. The van der Waals surface area contributed by atoms with Crippen molar-refractivity contribution >= 4 is 10.9 Å². The van der Waals surface area contributed by atoms with Crippen LogP contribution >= 0.6 is 0 Å². The molecule has 9 nitrogen and oxygen atoms in total. The zero-order valence-corrected chi connectivity index (χ0v) is 21.9. The van der Waals surface area contributed by atoms with Crippen molar-refractivity contribution in [2.45, 2.75) is 71.5 Å². The Kier molecular flexibility index (Phi) is 7.79. The van der Waals surface area contributed by atoms with E-state index in [0.717, 1.165) is 86.5 Å². The molecule has 1 atom stereocenters. The van der Waals surface area contributed by atoms with Crippen LogP contribution in [0, 0.1) is 13.8 Å². The Balaban J connectivity index is 1.47. The number of fused-ring (bicyclic) bond motifs is 1. The van der Waals surface area contributed by atoms with Crippen LogP contribution in [-0.2, 0) is 11.3 Å². The minimum Gasteiger partial charge on any atom is -0.379 e. The number of tetrazole rings is 1. The maximum absolute atomic E-state index is 13.2. The number of aryl methyl sites for hydroxylation is 2. The molecule has 2 aromatic heterocycles. The molecule has 0 radical (unpaired) electrons. The summed E-state index contributed by atoms with van der Waals surface area (Å²) in [6.45, 7) is 12.1. The van der Waals surface area contributed by atoms with Crippen molar-refractivity contribution in [1.82, 2.24) is 35.0 Å². The third kappa shape index (κ3) is 5.38. The molecule has 1 saturated carbocycles. The topological polar surface area (TPSA) is 92.2 Å². The second-order valence-electron chi connectivity index (χ2n) is 10.4. The number of morpholine rings is 1. The fourth-order valence-electron chi connectivity index (χ4n) is 5.92. The van der Waals surface area contributed by atoms with Gasteiger partial charge in [-0.05, 0) is 66.8 Å². The lowest BCUT2D eigenvalue weighted by Crippen LogP contribution is -2.43. The van der Waals surface area contributed by atoms with Crippen molar-refractivity contribution in [2.75, 3.05) is 39.4 Å². The molecule has 1 aliphatic heterocycles. The predicted molar refractivity (Wildman–Crippen MR) is 140 cm³/mol. The van der Waals surface area contributed by atoms with Gasteiger partial charge >= 0.3 is 0 Å². The van der Waals surface area contributed by atoms with Crippen molar-refractivity contribution in [3.8, 4) is 0 Å².